The van der Waals surface area contributed by atoms with Crippen LogP contribution in [0, 0.1) is 6.92 Å². The molecule has 1 N–H and O–H groups in total. The van der Waals surface area contributed by atoms with Gasteiger partial charge in [-0.15, -0.1) is 0 Å². The average molecular weight is 270 g/mol. The number of benzene rings is 1. The van der Waals surface area contributed by atoms with Crippen LogP contribution in [0.1, 0.15) is 12.5 Å². The van der Waals surface area contributed by atoms with Crippen molar-refractivity contribution in [2.45, 2.75) is 26.0 Å². The van der Waals surface area contributed by atoms with E-state index in [0.29, 0.717) is 16.3 Å². The summed E-state index contributed by atoms with van der Waals surface area (Å²) < 4.78 is 4.96. The standard InChI is InChI=1S/C12H12ClNO4/c1-6-8(13)4-3-5-9(6)14-10(11(15)16)7(2)18-12(14)17/h3-5,7,10H,1-2H3,(H,15,16). The lowest BCUT2D eigenvalue weighted by Gasteiger charge is -2.21. The van der Waals surface area contributed by atoms with Crippen LogP contribution in [-0.2, 0) is 9.53 Å². The van der Waals surface area contributed by atoms with Crippen LogP contribution in [0.2, 0.25) is 5.02 Å². The van der Waals surface area contributed by atoms with Gasteiger partial charge in [-0.3, -0.25) is 4.90 Å². The molecule has 0 saturated carbocycles. The third kappa shape index (κ3) is 1.90. The van der Waals surface area contributed by atoms with Crippen molar-refractivity contribution in [3.05, 3.63) is 28.8 Å². The highest BCUT2D eigenvalue weighted by Gasteiger charge is 2.45. The number of carbonyl (C=O) groups excluding carboxylic acids is 1. The van der Waals surface area contributed by atoms with Gasteiger partial charge in [0.1, 0.15) is 6.10 Å². The number of cyclic esters (lactones) is 1. The van der Waals surface area contributed by atoms with Crippen LogP contribution in [-0.4, -0.2) is 29.3 Å². The van der Waals surface area contributed by atoms with Crippen molar-refractivity contribution < 1.29 is 19.4 Å². The third-order valence-corrected chi connectivity index (χ3v) is 3.37. The Hall–Kier alpha value is -1.75. The molecule has 96 valence electrons. The molecule has 1 aromatic carbocycles. The van der Waals surface area contributed by atoms with Gasteiger partial charge in [-0.2, -0.15) is 0 Å². The monoisotopic (exact) mass is 269 g/mol. The predicted octanol–water partition coefficient (Wildman–Crippen LogP) is 2.45. The van der Waals surface area contributed by atoms with Crippen LogP contribution in [0.4, 0.5) is 10.5 Å². The quantitative estimate of drug-likeness (QED) is 0.895. The molecule has 0 radical (unpaired) electrons. The van der Waals surface area contributed by atoms with E-state index in [1.54, 1.807) is 32.0 Å². The first-order chi connectivity index (χ1) is 8.43. The van der Waals surface area contributed by atoms with Gasteiger partial charge in [0.05, 0.1) is 5.69 Å². The van der Waals surface area contributed by atoms with Gasteiger partial charge >= 0.3 is 12.1 Å². The molecule has 1 fully saturated rings. The van der Waals surface area contributed by atoms with Crippen molar-refractivity contribution in [3.63, 3.8) is 0 Å². The maximum atomic E-state index is 11.8. The molecular formula is C12H12ClNO4. The van der Waals surface area contributed by atoms with Gasteiger partial charge in [0.15, 0.2) is 6.04 Å². The lowest BCUT2D eigenvalue weighted by molar-refractivity contribution is -0.139. The van der Waals surface area contributed by atoms with Crippen molar-refractivity contribution in [2.24, 2.45) is 0 Å². The summed E-state index contributed by atoms with van der Waals surface area (Å²) in [6, 6.07) is 3.96. The van der Waals surface area contributed by atoms with Gasteiger partial charge in [-0.05, 0) is 31.5 Å². The van der Waals surface area contributed by atoms with E-state index in [9.17, 15) is 14.7 Å². The molecule has 0 spiro atoms. The Balaban J connectivity index is 2.51. The highest BCUT2D eigenvalue weighted by atomic mass is 35.5. The van der Waals surface area contributed by atoms with E-state index in [-0.39, 0.29) is 0 Å². The van der Waals surface area contributed by atoms with Crippen LogP contribution >= 0.6 is 11.6 Å². The second-order valence-electron chi connectivity index (χ2n) is 4.13. The molecule has 1 aliphatic rings. The Labute approximate surface area is 109 Å². The summed E-state index contributed by atoms with van der Waals surface area (Å²) in [7, 11) is 0. The van der Waals surface area contributed by atoms with E-state index in [1.807, 2.05) is 0 Å². The number of hydrogen-bond acceptors (Lipinski definition) is 3. The molecule has 6 heteroatoms. The summed E-state index contributed by atoms with van der Waals surface area (Å²) in [4.78, 5) is 24.1. The SMILES string of the molecule is Cc1c(Cl)cccc1N1C(=O)OC(C)C1C(=O)O. The van der Waals surface area contributed by atoms with Gasteiger partial charge in [0.2, 0.25) is 0 Å². The Morgan fingerprint density at radius 3 is 2.78 bits per heavy atom. The number of rotatable bonds is 2. The van der Waals surface area contributed by atoms with Crippen molar-refractivity contribution in [2.75, 3.05) is 4.90 Å². The number of aliphatic carboxylic acids is 1. The molecule has 1 aliphatic heterocycles. The first-order valence-corrected chi connectivity index (χ1v) is 5.79. The predicted molar refractivity (Wildman–Crippen MR) is 66.0 cm³/mol. The summed E-state index contributed by atoms with van der Waals surface area (Å²) in [5, 5.41) is 9.66. The number of hydrogen-bond donors (Lipinski definition) is 1. The summed E-state index contributed by atoms with van der Waals surface area (Å²) >= 11 is 5.98. The molecule has 2 unspecified atom stereocenters. The molecule has 5 nitrogen and oxygen atoms in total. The van der Waals surface area contributed by atoms with E-state index in [2.05, 4.69) is 0 Å². The van der Waals surface area contributed by atoms with Crippen LogP contribution in [0.25, 0.3) is 0 Å². The van der Waals surface area contributed by atoms with Crippen LogP contribution in [0.15, 0.2) is 18.2 Å². The van der Waals surface area contributed by atoms with E-state index in [0.717, 1.165) is 4.90 Å². The van der Waals surface area contributed by atoms with E-state index in [4.69, 9.17) is 16.3 Å². The lowest BCUT2D eigenvalue weighted by atomic mass is 10.1. The number of carboxylic acid groups (broad SMARTS) is 1. The van der Waals surface area contributed by atoms with E-state index < -0.39 is 24.2 Å². The molecule has 1 heterocycles. The first-order valence-electron chi connectivity index (χ1n) is 5.41. The highest BCUT2D eigenvalue weighted by molar-refractivity contribution is 6.31. The second kappa shape index (κ2) is 4.49. The molecule has 1 aromatic rings. The number of carbonyl (C=O) groups is 2. The number of amides is 1. The van der Waals surface area contributed by atoms with Gasteiger partial charge < -0.3 is 9.84 Å². The number of ether oxygens (including phenoxy) is 1. The summed E-state index contributed by atoms with van der Waals surface area (Å²) in [6.45, 7) is 3.28. The normalized spacial score (nSPS) is 23.1. The number of anilines is 1. The summed E-state index contributed by atoms with van der Waals surface area (Å²) in [5.41, 5.74) is 1.11. The van der Waals surface area contributed by atoms with Gasteiger partial charge in [0, 0.05) is 5.02 Å². The fourth-order valence-corrected chi connectivity index (χ4v) is 2.19. The average Bonchev–Trinajstić information content (AvgIpc) is 2.57. The lowest BCUT2D eigenvalue weighted by Crippen LogP contribution is -2.42. The van der Waals surface area contributed by atoms with Gasteiger partial charge in [-0.1, -0.05) is 17.7 Å². The van der Waals surface area contributed by atoms with E-state index >= 15 is 0 Å². The molecule has 0 bridgehead atoms. The van der Waals surface area contributed by atoms with Crippen LogP contribution in [0.3, 0.4) is 0 Å². The Morgan fingerprint density at radius 1 is 1.50 bits per heavy atom. The van der Waals surface area contributed by atoms with Crippen LogP contribution in [0.5, 0.6) is 0 Å². The second-order valence-corrected chi connectivity index (χ2v) is 4.53. The van der Waals surface area contributed by atoms with Crippen LogP contribution < -0.4 is 4.90 Å². The Kier molecular flexibility index (Phi) is 3.17. The van der Waals surface area contributed by atoms with Gasteiger partial charge in [0.25, 0.3) is 0 Å². The highest BCUT2D eigenvalue weighted by Crippen LogP contribution is 2.32. The number of nitrogens with zero attached hydrogens (tertiary/aromatic N) is 1. The molecule has 1 amide bonds. The van der Waals surface area contributed by atoms with Crippen molar-refractivity contribution in [1.82, 2.24) is 0 Å². The Bertz CT molecular complexity index is 517. The van der Waals surface area contributed by atoms with Crippen molar-refractivity contribution in [1.29, 1.82) is 0 Å². The fraction of sp³-hybridized carbons (Fsp3) is 0.333. The zero-order chi connectivity index (χ0) is 13.4. The minimum Gasteiger partial charge on any atom is -0.480 e. The summed E-state index contributed by atoms with van der Waals surface area (Å²) in [6.07, 6.45) is -1.37. The molecular weight excluding hydrogens is 258 g/mol. The smallest absolute Gasteiger partial charge is 0.415 e. The maximum absolute atomic E-state index is 11.8. The fourth-order valence-electron chi connectivity index (χ4n) is 2.02. The molecule has 18 heavy (non-hydrogen) atoms. The number of carboxylic acids is 1. The first kappa shape index (κ1) is 12.7. The maximum Gasteiger partial charge on any atom is 0.415 e. The van der Waals surface area contributed by atoms with Crippen molar-refractivity contribution >= 4 is 29.4 Å². The molecule has 0 aromatic heterocycles. The molecule has 0 aliphatic carbocycles. The third-order valence-electron chi connectivity index (χ3n) is 2.96. The minimum absolute atomic E-state index is 0.462. The number of halogens is 1. The van der Waals surface area contributed by atoms with E-state index in [1.165, 1.54) is 0 Å². The largest absolute Gasteiger partial charge is 0.480 e. The summed E-state index contributed by atoms with van der Waals surface area (Å²) in [5.74, 6) is -1.10. The Morgan fingerprint density at radius 2 is 2.17 bits per heavy atom. The zero-order valence-electron chi connectivity index (χ0n) is 9.88. The topological polar surface area (TPSA) is 66.8 Å². The molecule has 2 atom stereocenters. The molecule has 1 saturated heterocycles. The van der Waals surface area contributed by atoms with Gasteiger partial charge in [-0.25, -0.2) is 9.59 Å². The van der Waals surface area contributed by atoms with Crippen molar-refractivity contribution in [3.8, 4) is 0 Å². The zero-order valence-corrected chi connectivity index (χ0v) is 10.6. The molecule has 2 rings (SSSR count). The minimum atomic E-state index is -1.10.